The Morgan fingerprint density at radius 1 is 1.45 bits per heavy atom. The molecule has 0 saturated carbocycles. The van der Waals surface area contributed by atoms with Gasteiger partial charge in [0.05, 0.1) is 16.8 Å². The maximum absolute atomic E-state index is 5.99. The third-order valence-corrected chi connectivity index (χ3v) is 4.57. The van der Waals surface area contributed by atoms with Crippen LogP contribution in [0, 0.1) is 0 Å². The highest BCUT2D eigenvalue weighted by atomic mass is 16.5. The third kappa shape index (κ3) is 2.23. The number of hydrogen-bond donors (Lipinski definition) is 1. The van der Waals surface area contributed by atoms with Gasteiger partial charge in [-0.2, -0.15) is 5.10 Å². The molecule has 4 nitrogen and oxygen atoms in total. The van der Waals surface area contributed by atoms with Crippen molar-refractivity contribution in [3.05, 3.63) is 30.0 Å². The Kier molecular flexibility index (Phi) is 3.52. The van der Waals surface area contributed by atoms with Gasteiger partial charge in [-0.05, 0) is 32.9 Å². The number of fused-ring (bicyclic) bond motifs is 1. The van der Waals surface area contributed by atoms with Crippen molar-refractivity contribution in [2.45, 2.75) is 37.8 Å². The van der Waals surface area contributed by atoms with Gasteiger partial charge in [0.1, 0.15) is 0 Å². The van der Waals surface area contributed by atoms with E-state index in [-0.39, 0.29) is 5.60 Å². The zero-order valence-corrected chi connectivity index (χ0v) is 12.5. The standard InChI is InChI=1S/C16H23N3O/c1-16(9-6-10-20-16)15(17-2)11-13-12-7-4-5-8-14(12)19(3)18-13/h4-5,7-8,15,17H,6,9-11H2,1-3H3. The lowest BCUT2D eigenvalue weighted by Crippen LogP contribution is -2.48. The molecule has 0 spiro atoms. The van der Waals surface area contributed by atoms with Crippen molar-refractivity contribution < 1.29 is 4.74 Å². The lowest BCUT2D eigenvalue weighted by Gasteiger charge is -2.32. The summed E-state index contributed by atoms with van der Waals surface area (Å²) in [5.74, 6) is 0. The van der Waals surface area contributed by atoms with E-state index in [1.165, 1.54) is 10.9 Å². The van der Waals surface area contributed by atoms with Crippen LogP contribution in [0.2, 0.25) is 0 Å². The van der Waals surface area contributed by atoms with Gasteiger partial charge in [-0.25, -0.2) is 0 Å². The molecule has 2 atom stereocenters. The zero-order chi connectivity index (χ0) is 14.2. The van der Waals surface area contributed by atoms with E-state index in [1.54, 1.807) is 0 Å². The normalized spacial score (nSPS) is 24.4. The molecule has 0 amide bonds. The molecule has 1 fully saturated rings. The number of aryl methyl sites for hydroxylation is 1. The zero-order valence-electron chi connectivity index (χ0n) is 12.5. The third-order valence-electron chi connectivity index (χ3n) is 4.57. The average molecular weight is 273 g/mol. The molecule has 4 heteroatoms. The summed E-state index contributed by atoms with van der Waals surface area (Å²) < 4.78 is 7.95. The quantitative estimate of drug-likeness (QED) is 0.929. The van der Waals surface area contributed by atoms with Crippen molar-refractivity contribution in [1.29, 1.82) is 0 Å². The van der Waals surface area contributed by atoms with Gasteiger partial charge in [-0.1, -0.05) is 18.2 Å². The summed E-state index contributed by atoms with van der Waals surface area (Å²) in [6, 6.07) is 8.71. The van der Waals surface area contributed by atoms with Gasteiger partial charge in [0.25, 0.3) is 0 Å². The van der Waals surface area contributed by atoms with Gasteiger partial charge in [0.2, 0.25) is 0 Å². The molecule has 20 heavy (non-hydrogen) atoms. The maximum atomic E-state index is 5.99. The van der Waals surface area contributed by atoms with E-state index >= 15 is 0 Å². The molecular weight excluding hydrogens is 250 g/mol. The molecule has 0 aliphatic carbocycles. The van der Waals surface area contributed by atoms with Crippen LogP contribution in [0.5, 0.6) is 0 Å². The number of aromatic nitrogens is 2. The Morgan fingerprint density at radius 3 is 2.95 bits per heavy atom. The minimum absolute atomic E-state index is 0.0760. The van der Waals surface area contributed by atoms with Crippen molar-refractivity contribution in [3.63, 3.8) is 0 Å². The second kappa shape index (κ2) is 5.19. The van der Waals surface area contributed by atoms with Gasteiger partial charge in [-0.15, -0.1) is 0 Å². The van der Waals surface area contributed by atoms with E-state index in [2.05, 4.69) is 36.5 Å². The van der Waals surface area contributed by atoms with Gasteiger partial charge < -0.3 is 10.1 Å². The minimum atomic E-state index is -0.0760. The Hall–Kier alpha value is -1.39. The van der Waals surface area contributed by atoms with E-state index in [0.29, 0.717) is 6.04 Å². The monoisotopic (exact) mass is 273 g/mol. The van der Waals surface area contributed by atoms with Crippen LogP contribution < -0.4 is 5.32 Å². The number of rotatable bonds is 4. The van der Waals surface area contributed by atoms with Crippen LogP contribution in [0.15, 0.2) is 24.3 Å². The molecule has 2 heterocycles. The number of ether oxygens (including phenoxy) is 1. The van der Waals surface area contributed by atoms with Crippen LogP contribution in [0.25, 0.3) is 10.9 Å². The Balaban J connectivity index is 1.91. The summed E-state index contributed by atoms with van der Waals surface area (Å²) in [6.07, 6.45) is 3.16. The number of nitrogens with zero attached hydrogens (tertiary/aromatic N) is 2. The Morgan fingerprint density at radius 2 is 2.25 bits per heavy atom. The van der Waals surface area contributed by atoms with Crippen molar-refractivity contribution >= 4 is 10.9 Å². The van der Waals surface area contributed by atoms with Crippen LogP contribution in [-0.4, -0.2) is 35.1 Å². The highest BCUT2D eigenvalue weighted by Crippen LogP contribution is 2.31. The number of benzene rings is 1. The SMILES string of the molecule is CNC(Cc1nn(C)c2ccccc12)C1(C)CCCO1. The predicted molar refractivity (Wildman–Crippen MR) is 80.9 cm³/mol. The van der Waals surface area contributed by atoms with Crippen LogP contribution >= 0.6 is 0 Å². The molecule has 0 bridgehead atoms. The fourth-order valence-corrected chi connectivity index (χ4v) is 3.33. The van der Waals surface area contributed by atoms with Crippen molar-refractivity contribution in [1.82, 2.24) is 15.1 Å². The summed E-state index contributed by atoms with van der Waals surface area (Å²) in [5, 5.41) is 9.38. The van der Waals surface area contributed by atoms with Crippen LogP contribution in [0.1, 0.15) is 25.5 Å². The summed E-state index contributed by atoms with van der Waals surface area (Å²) in [4.78, 5) is 0. The van der Waals surface area contributed by atoms with E-state index in [0.717, 1.165) is 31.6 Å². The average Bonchev–Trinajstić information content (AvgIpc) is 3.02. The lowest BCUT2D eigenvalue weighted by molar-refractivity contribution is -0.00962. The van der Waals surface area contributed by atoms with Gasteiger partial charge >= 0.3 is 0 Å². The predicted octanol–water partition coefficient (Wildman–Crippen LogP) is 2.27. The van der Waals surface area contributed by atoms with Crippen LogP contribution in [0.4, 0.5) is 0 Å². The Bertz CT molecular complexity index is 599. The molecule has 0 radical (unpaired) electrons. The number of likely N-dealkylation sites (N-methyl/N-ethyl adjacent to an activating group) is 1. The molecule has 1 saturated heterocycles. The first-order valence-corrected chi connectivity index (χ1v) is 7.36. The first kappa shape index (κ1) is 13.6. The highest BCUT2D eigenvalue weighted by Gasteiger charge is 2.38. The summed E-state index contributed by atoms with van der Waals surface area (Å²) >= 11 is 0. The van der Waals surface area contributed by atoms with Crippen molar-refractivity contribution in [3.8, 4) is 0 Å². The minimum Gasteiger partial charge on any atom is -0.374 e. The second-order valence-electron chi connectivity index (χ2n) is 5.90. The Labute approximate surface area is 120 Å². The molecule has 1 aliphatic heterocycles. The highest BCUT2D eigenvalue weighted by molar-refractivity contribution is 5.81. The molecule has 2 aromatic rings. The molecule has 108 valence electrons. The first-order chi connectivity index (χ1) is 9.64. The van der Waals surface area contributed by atoms with E-state index in [9.17, 15) is 0 Å². The molecule has 3 rings (SSSR count). The topological polar surface area (TPSA) is 39.1 Å². The van der Waals surface area contributed by atoms with E-state index in [4.69, 9.17) is 9.84 Å². The van der Waals surface area contributed by atoms with E-state index < -0.39 is 0 Å². The van der Waals surface area contributed by atoms with Crippen molar-refractivity contribution in [2.24, 2.45) is 7.05 Å². The van der Waals surface area contributed by atoms with Crippen LogP contribution in [-0.2, 0) is 18.2 Å². The van der Waals surface area contributed by atoms with Gasteiger partial charge in [0, 0.05) is 31.5 Å². The smallest absolute Gasteiger partial charge is 0.0811 e. The number of hydrogen-bond acceptors (Lipinski definition) is 3. The van der Waals surface area contributed by atoms with Gasteiger partial charge in [-0.3, -0.25) is 4.68 Å². The molecule has 1 aliphatic rings. The summed E-state index contributed by atoms with van der Waals surface area (Å²) in [6.45, 7) is 3.09. The second-order valence-corrected chi connectivity index (χ2v) is 5.90. The largest absolute Gasteiger partial charge is 0.374 e. The fourth-order valence-electron chi connectivity index (χ4n) is 3.33. The number of nitrogens with one attached hydrogen (secondary N) is 1. The summed E-state index contributed by atoms with van der Waals surface area (Å²) in [5.41, 5.74) is 2.27. The first-order valence-electron chi connectivity index (χ1n) is 7.36. The van der Waals surface area contributed by atoms with Crippen molar-refractivity contribution in [2.75, 3.05) is 13.7 Å². The maximum Gasteiger partial charge on any atom is 0.0811 e. The lowest BCUT2D eigenvalue weighted by atomic mass is 9.89. The molecule has 1 N–H and O–H groups in total. The molecular formula is C16H23N3O. The van der Waals surface area contributed by atoms with Crippen LogP contribution in [0.3, 0.4) is 0 Å². The number of para-hydroxylation sites is 1. The van der Waals surface area contributed by atoms with E-state index in [1.807, 2.05) is 18.8 Å². The molecule has 1 aromatic carbocycles. The summed E-state index contributed by atoms with van der Waals surface area (Å²) in [7, 11) is 4.02. The van der Waals surface area contributed by atoms with Gasteiger partial charge in [0.15, 0.2) is 0 Å². The molecule has 2 unspecified atom stereocenters. The molecule has 1 aromatic heterocycles. The fraction of sp³-hybridized carbons (Fsp3) is 0.562.